The molecule has 5 nitrogen and oxygen atoms in total. The molecule has 1 aromatic rings. The minimum Gasteiger partial charge on any atom is -0.338 e. The van der Waals surface area contributed by atoms with E-state index in [0.717, 1.165) is 5.56 Å². The highest BCUT2D eigenvalue weighted by atomic mass is 35.5. The third-order valence-corrected chi connectivity index (χ3v) is 3.92. The molecule has 1 rings (SSSR count). The Morgan fingerprint density at radius 1 is 1.33 bits per heavy atom. The van der Waals surface area contributed by atoms with Crippen molar-refractivity contribution in [1.29, 1.82) is 0 Å². The van der Waals surface area contributed by atoms with E-state index in [-0.39, 0.29) is 5.91 Å². The average molecular weight is 332 g/mol. The summed E-state index contributed by atoms with van der Waals surface area (Å²) in [6.07, 6.45) is 0. The van der Waals surface area contributed by atoms with Crippen molar-refractivity contribution in [2.45, 2.75) is 26.4 Å². The summed E-state index contributed by atoms with van der Waals surface area (Å²) in [4.78, 5) is 25.1. The largest absolute Gasteiger partial charge is 0.338 e. The van der Waals surface area contributed by atoms with Gasteiger partial charge >= 0.3 is 6.03 Å². The molecule has 0 spiro atoms. The minimum atomic E-state index is -0.497. The third kappa shape index (κ3) is 5.19. The fourth-order valence-electron chi connectivity index (χ4n) is 1.70. The lowest BCUT2D eigenvalue weighted by Crippen LogP contribution is -2.48. The number of nitrogens with zero attached hydrogens (tertiary/aromatic N) is 1. The van der Waals surface area contributed by atoms with Gasteiger partial charge in [-0.25, -0.2) is 4.79 Å². The molecule has 0 bridgehead atoms. The van der Waals surface area contributed by atoms with E-state index in [1.54, 1.807) is 37.9 Å². The molecule has 1 aromatic carbocycles. The van der Waals surface area contributed by atoms with Crippen LogP contribution in [-0.4, -0.2) is 36.5 Å². The van der Waals surface area contributed by atoms with Crippen molar-refractivity contribution in [3.05, 3.63) is 33.8 Å². The second kappa shape index (κ2) is 8.22. The van der Waals surface area contributed by atoms with Crippen molar-refractivity contribution in [3.63, 3.8) is 0 Å². The van der Waals surface area contributed by atoms with Crippen LogP contribution >= 0.6 is 23.2 Å². The fourth-order valence-corrected chi connectivity index (χ4v) is 2.08. The van der Waals surface area contributed by atoms with Gasteiger partial charge in [-0.05, 0) is 32.5 Å². The minimum absolute atomic E-state index is 0.374. The number of rotatable bonds is 5. The molecule has 0 aliphatic carbocycles. The molecule has 0 aromatic heterocycles. The monoisotopic (exact) mass is 331 g/mol. The van der Waals surface area contributed by atoms with E-state index in [4.69, 9.17) is 23.2 Å². The molecule has 0 saturated heterocycles. The molecule has 0 aliphatic rings. The first-order valence-corrected chi connectivity index (χ1v) is 7.34. The van der Waals surface area contributed by atoms with Gasteiger partial charge in [-0.3, -0.25) is 15.0 Å². The predicted molar refractivity (Wildman–Crippen MR) is 84.6 cm³/mol. The molecule has 0 saturated carbocycles. The molecule has 0 heterocycles. The summed E-state index contributed by atoms with van der Waals surface area (Å²) in [5.74, 6) is -0.374. The number of likely N-dealkylation sites (N-methyl/N-ethyl adjacent to an activating group) is 1. The Morgan fingerprint density at radius 3 is 2.62 bits per heavy atom. The van der Waals surface area contributed by atoms with Gasteiger partial charge in [-0.2, -0.15) is 0 Å². The lowest BCUT2D eigenvalue weighted by atomic mass is 10.2. The maximum atomic E-state index is 11.9. The van der Waals surface area contributed by atoms with Crippen molar-refractivity contribution in [3.8, 4) is 0 Å². The molecule has 0 fully saturated rings. The van der Waals surface area contributed by atoms with Crippen LogP contribution in [0.4, 0.5) is 4.79 Å². The second-order valence-electron chi connectivity index (χ2n) is 4.65. The summed E-state index contributed by atoms with van der Waals surface area (Å²) in [7, 11) is 1.78. The molecule has 3 amide bonds. The lowest BCUT2D eigenvalue weighted by molar-refractivity contribution is -0.124. The topological polar surface area (TPSA) is 61.4 Å². The number of imide groups is 1. The molecule has 21 heavy (non-hydrogen) atoms. The zero-order valence-corrected chi connectivity index (χ0v) is 13.8. The Kier molecular flexibility index (Phi) is 6.95. The summed E-state index contributed by atoms with van der Waals surface area (Å²) in [6, 6.07) is 4.38. The molecule has 116 valence electrons. The first-order chi connectivity index (χ1) is 9.86. The van der Waals surface area contributed by atoms with Crippen LogP contribution in [0, 0.1) is 0 Å². The Bertz CT molecular complexity index is 523. The van der Waals surface area contributed by atoms with Gasteiger partial charge in [0.25, 0.3) is 0 Å². The molecule has 1 atom stereocenters. The summed E-state index contributed by atoms with van der Waals surface area (Å²) in [5, 5.41) is 5.74. The van der Waals surface area contributed by atoms with E-state index in [2.05, 4.69) is 10.6 Å². The number of benzene rings is 1. The normalized spacial score (nSPS) is 12.1. The summed E-state index contributed by atoms with van der Waals surface area (Å²) >= 11 is 12.1. The van der Waals surface area contributed by atoms with Crippen molar-refractivity contribution in [1.82, 2.24) is 15.5 Å². The number of urea groups is 1. The lowest BCUT2D eigenvalue weighted by Gasteiger charge is -2.24. The smallest absolute Gasteiger partial charge is 0.321 e. The van der Waals surface area contributed by atoms with Gasteiger partial charge < -0.3 is 5.32 Å². The highest BCUT2D eigenvalue weighted by molar-refractivity contribution is 6.42. The van der Waals surface area contributed by atoms with Crippen LogP contribution in [0.5, 0.6) is 0 Å². The molecular formula is C14H19Cl2N3O2. The Morgan fingerprint density at radius 2 is 2.00 bits per heavy atom. The van der Waals surface area contributed by atoms with Gasteiger partial charge in [0.2, 0.25) is 5.91 Å². The van der Waals surface area contributed by atoms with Crippen molar-refractivity contribution >= 4 is 35.1 Å². The van der Waals surface area contributed by atoms with Gasteiger partial charge in [0, 0.05) is 13.1 Å². The predicted octanol–water partition coefficient (Wildman–Crippen LogP) is 2.66. The van der Waals surface area contributed by atoms with Crippen LogP contribution in [-0.2, 0) is 11.3 Å². The van der Waals surface area contributed by atoms with Crippen LogP contribution < -0.4 is 10.6 Å². The number of hydrogen-bond acceptors (Lipinski definition) is 3. The van der Waals surface area contributed by atoms with Gasteiger partial charge in [0.05, 0.1) is 16.1 Å². The molecule has 0 unspecified atom stereocenters. The zero-order chi connectivity index (χ0) is 16.0. The maximum Gasteiger partial charge on any atom is 0.321 e. The highest BCUT2D eigenvalue weighted by Gasteiger charge is 2.20. The van der Waals surface area contributed by atoms with E-state index in [1.165, 1.54) is 0 Å². The number of nitrogens with one attached hydrogen (secondary N) is 2. The molecule has 2 N–H and O–H groups in total. The van der Waals surface area contributed by atoms with Crippen molar-refractivity contribution < 1.29 is 9.59 Å². The number of amides is 3. The van der Waals surface area contributed by atoms with Crippen LogP contribution in [0.25, 0.3) is 0 Å². The quantitative estimate of drug-likeness (QED) is 0.871. The van der Waals surface area contributed by atoms with E-state index < -0.39 is 12.1 Å². The van der Waals surface area contributed by atoms with E-state index in [9.17, 15) is 9.59 Å². The first kappa shape index (κ1) is 17.8. The number of carbonyl (C=O) groups is 2. The summed E-state index contributed by atoms with van der Waals surface area (Å²) in [6.45, 7) is 4.40. The van der Waals surface area contributed by atoms with Gasteiger partial charge in [0.15, 0.2) is 0 Å². The summed E-state index contributed by atoms with van der Waals surface area (Å²) < 4.78 is 0. The van der Waals surface area contributed by atoms with Crippen molar-refractivity contribution in [2.24, 2.45) is 0 Å². The Labute approximate surface area is 134 Å². The van der Waals surface area contributed by atoms with E-state index in [1.807, 2.05) is 6.07 Å². The van der Waals surface area contributed by atoms with E-state index in [0.29, 0.717) is 23.1 Å². The fraction of sp³-hybridized carbons (Fsp3) is 0.429. The Balaban J connectivity index is 2.66. The number of hydrogen-bond donors (Lipinski definition) is 2. The van der Waals surface area contributed by atoms with Gasteiger partial charge in [0.1, 0.15) is 0 Å². The van der Waals surface area contributed by atoms with Gasteiger partial charge in [-0.1, -0.05) is 35.3 Å². The number of carbonyl (C=O) groups excluding carboxylic acids is 2. The van der Waals surface area contributed by atoms with Crippen molar-refractivity contribution in [2.75, 3.05) is 13.6 Å². The molecule has 0 radical (unpaired) electrons. The number of halogens is 2. The molecule has 0 aliphatic heterocycles. The highest BCUT2D eigenvalue weighted by Crippen LogP contribution is 2.26. The molecule has 7 heteroatoms. The second-order valence-corrected chi connectivity index (χ2v) is 5.44. The average Bonchev–Trinajstić information content (AvgIpc) is 2.43. The van der Waals surface area contributed by atoms with Crippen LogP contribution in [0.1, 0.15) is 19.4 Å². The SMILES string of the molecule is CCNC(=O)NC(=O)[C@@H](C)N(C)Cc1cccc(Cl)c1Cl. The first-order valence-electron chi connectivity index (χ1n) is 6.58. The molecular weight excluding hydrogens is 313 g/mol. The van der Waals surface area contributed by atoms with Crippen LogP contribution in [0.15, 0.2) is 18.2 Å². The maximum absolute atomic E-state index is 11.9. The summed E-state index contributed by atoms with van der Waals surface area (Å²) in [5.41, 5.74) is 0.823. The van der Waals surface area contributed by atoms with Crippen LogP contribution in [0.2, 0.25) is 10.0 Å². The van der Waals surface area contributed by atoms with E-state index >= 15 is 0 Å². The Hall–Kier alpha value is -1.30. The third-order valence-electron chi connectivity index (χ3n) is 3.07. The van der Waals surface area contributed by atoms with Gasteiger partial charge in [-0.15, -0.1) is 0 Å². The standard InChI is InChI=1S/C14H19Cl2N3O2/c1-4-17-14(21)18-13(20)9(2)19(3)8-10-6-5-7-11(15)12(10)16/h5-7,9H,4,8H2,1-3H3,(H2,17,18,20,21)/t9-/m1/s1. The zero-order valence-electron chi connectivity index (χ0n) is 12.2. The van der Waals surface area contributed by atoms with Crippen LogP contribution in [0.3, 0.4) is 0 Å².